The number of carbonyl (C=O) groups excluding carboxylic acids is 1. The molecule has 1 aliphatic heterocycles. The van der Waals surface area contributed by atoms with Crippen LogP contribution < -0.4 is 10.1 Å². The average molecular weight is 369 g/mol. The first-order valence-electron chi connectivity index (χ1n) is 8.28. The number of aryl methyl sites for hydroxylation is 1. The van der Waals surface area contributed by atoms with Gasteiger partial charge >= 0.3 is 6.18 Å². The Hall–Kier alpha value is -2.65. The Balaban J connectivity index is 1.67. The molecule has 0 saturated carbocycles. The van der Waals surface area contributed by atoms with Crippen LogP contribution in [0.25, 0.3) is 0 Å². The summed E-state index contributed by atoms with van der Waals surface area (Å²) in [6.45, 7) is -0.595. The molecule has 0 saturated heterocycles. The first-order valence-corrected chi connectivity index (χ1v) is 8.28. The lowest BCUT2D eigenvalue weighted by atomic mass is 10.2. The molecule has 0 unspecified atom stereocenters. The SMILES string of the molecule is O=C(NCc1nnc2n1CCCCC2)c1cccnc1OCC(F)(F)F. The Morgan fingerprint density at radius 3 is 2.92 bits per heavy atom. The second-order valence-electron chi connectivity index (χ2n) is 5.94. The fourth-order valence-corrected chi connectivity index (χ4v) is 2.76. The van der Waals surface area contributed by atoms with Crippen LogP contribution in [0.2, 0.25) is 0 Å². The van der Waals surface area contributed by atoms with Crippen molar-refractivity contribution in [2.75, 3.05) is 6.61 Å². The maximum Gasteiger partial charge on any atom is 0.422 e. The number of aromatic nitrogens is 4. The summed E-state index contributed by atoms with van der Waals surface area (Å²) in [5, 5.41) is 10.9. The fraction of sp³-hybridized carbons (Fsp3) is 0.500. The van der Waals surface area contributed by atoms with Gasteiger partial charge in [0.2, 0.25) is 5.88 Å². The standard InChI is InChI=1S/C16H18F3N5O2/c17-16(18,19)10-26-15-11(5-4-7-20-15)14(25)21-9-13-23-22-12-6-2-1-3-8-24(12)13/h4-5,7H,1-3,6,8-10H2,(H,21,25). The zero-order valence-corrected chi connectivity index (χ0v) is 13.9. The maximum absolute atomic E-state index is 12.4. The molecule has 0 bridgehead atoms. The van der Waals surface area contributed by atoms with Crippen molar-refractivity contribution in [2.24, 2.45) is 0 Å². The molecule has 10 heteroatoms. The number of amides is 1. The van der Waals surface area contributed by atoms with Crippen molar-refractivity contribution in [3.63, 3.8) is 0 Å². The molecule has 7 nitrogen and oxygen atoms in total. The number of fused-ring (bicyclic) bond motifs is 1. The van der Waals surface area contributed by atoms with Crippen molar-refractivity contribution in [2.45, 2.75) is 44.9 Å². The predicted octanol–water partition coefficient (Wildman–Crippen LogP) is 2.27. The predicted molar refractivity (Wildman–Crippen MR) is 84.5 cm³/mol. The summed E-state index contributed by atoms with van der Waals surface area (Å²) in [6, 6.07) is 2.82. The van der Waals surface area contributed by atoms with E-state index in [2.05, 4.69) is 25.2 Å². The molecule has 1 N–H and O–H groups in total. The van der Waals surface area contributed by atoms with E-state index in [9.17, 15) is 18.0 Å². The number of alkyl halides is 3. The first-order chi connectivity index (χ1) is 12.4. The molecule has 0 fully saturated rings. The summed E-state index contributed by atoms with van der Waals surface area (Å²) in [5.41, 5.74) is -0.0626. The number of ether oxygens (including phenoxy) is 1. The van der Waals surface area contributed by atoms with Gasteiger partial charge < -0.3 is 14.6 Å². The first kappa shape index (κ1) is 18.2. The zero-order valence-electron chi connectivity index (χ0n) is 13.9. The number of rotatable bonds is 5. The van der Waals surface area contributed by atoms with E-state index < -0.39 is 18.7 Å². The lowest BCUT2D eigenvalue weighted by Crippen LogP contribution is -2.27. The Morgan fingerprint density at radius 1 is 1.27 bits per heavy atom. The minimum atomic E-state index is -4.51. The number of pyridine rings is 1. The monoisotopic (exact) mass is 369 g/mol. The van der Waals surface area contributed by atoms with Gasteiger partial charge in [0.05, 0.1) is 6.54 Å². The second-order valence-corrected chi connectivity index (χ2v) is 5.94. The summed E-state index contributed by atoms with van der Waals surface area (Å²) in [5.74, 6) is 0.572. The average Bonchev–Trinajstić information content (AvgIpc) is 2.84. The molecular formula is C16H18F3N5O2. The van der Waals surface area contributed by atoms with Crippen LogP contribution in [0, 0.1) is 0 Å². The van der Waals surface area contributed by atoms with E-state index >= 15 is 0 Å². The summed E-state index contributed by atoms with van der Waals surface area (Å²) in [6.07, 6.45) is 0.791. The van der Waals surface area contributed by atoms with Crippen LogP contribution >= 0.6 is 0 Å². The molecule has 0 radical (unpaired) electrons. The van der Waals surface area contributed by atoms with Gasteiger partial charge in [-0.25, -0.2) is 4.98 Å². The van der Waals surface area contributed by atoms with Crippen molar-refractivity contribution < 1.29 is 22.7 Å². The van der Waals surface area contributed by atoms with Gasteiger partial charge in [0.1, 0.15) is 11.4 Å². The van der Waals surface area contributed by atoms with Crippen LogP contribution in [-0.4, -0.2) is 38.4 Å². The van der Waals surface area contributed by atoms with Crippen LogP contribution in [0.1, 0.15) is 41.3 Å². The van der Waals surface area contributed by atoms with E-state index in [-0.39, 0.29) is 18.0 Å². The molecule has 2 aromatic rings. The highest BCUT2D eigenvalue weighted by Gasteiger charge is 2.29. The van der Waals surface area contributed by atoms with Crippen LogP contribution in [0.15, 0.2) is 18.3 Å². The van der Waals surface area contributed by atoms with Crippen LogP contribution in [0.3, 0.4) is 0 Å². The summed E-state index contributed by atoms with van der Waals surface area (Å²) >= 11 is 0. The van der Waals surface area contributed by atoms with Crippen LogP contribution in [0.4, 0.5) is 13.2 Å². The van der Waals surface area contributed by atoms with Gasteiger partial charge in [-0.15, -0.1) is 10.2 Å². The number of halogens is 3. The maximum atomic E-state index is 12.4. The van der Waals surface area contributed by atoms with E-state index in [1.807, 2.05) is 4.57 Å². The van der Waals surface area contributed by atoms with Crippen molar-refractivity contribution in [3.05, 3.63) is 35.5 Å². The molecular weight excluding hydrogens is 351 g/mol. The third-order valence-electron chi connectivity index (χ3n) is 3.98. The Labute approximate surface area is 147 Å². The molecule has 140 valence electrons. The van der Waals surface area contributed by atoms with Gasteiger partial charge in [0.15, 0.2) is 12.4 Å². The van der Waals surface area contributed by atoms with Crippen molar-refractivity contribution in [1.82, 2.24) is 25.1 Å². The smallest absolute Gasteiger partial charge is 0.422 e. The molecule has 0 spiro atoms. The molecule has 1 aliphatic rings. The second kappa shape index (κ2) is 7.71. The molecule has 2 aromatic heterocycles. The number of hydrogen-bond acceptors (Lipinski definition) is 5. The molecule has 1 amide bonds. The minimum absolute atomic E-state index is 0.0626. The fourth-order valence-electron chi connectivity index (χ4n) is 2.76. The van der Waals surface area contributed by atoms with Crippen LogP contribution in [0.5, 0.6) is 5.88 Å². The number of nitrogens with zero attached hydrogens (tertiary/aromatic N) is 4. The quantitative estimate of drug-likeness (QED) is 0.874. The summed E-state index contributed by atoms with van der Waals surface area (Å²) < 4.78 is 43.6. The Morgan fingerprint density at radius 2 is 2.12 bits per heavy atom. The van der Waals surface area contributed by atoms with Crippen LogP contribution in [-0.2, 0) is 19.5 Å². The molecule has 0 aliphatic carbocycles. The van der Waals surface area contributed by atoms with E-state index in [0.29, 0.717) is 5.82 Å². The van der Waals surface area contributed by atoms with Gasteiger partial charge in [-0.1, -0.05) is 6.42 Å². The zero-order chi connectivity index (χ0) is 18.6. The normalized spacial score (nSPS) is 14.4. The van der Waals surface area contributed by atoms with Gasteiger partial charge in [-0.05, 0) is 25.0 Å². The van der Waals surface area contributed by atoms with E-state index in [1.54, 1.807) is 0 Å². The van der Waals surface area contributed by atoms with Crippen molar-refractivity contribution >= 4 is 5.91 Å². The van der Waals surface area contributed by atoms with Gasteiger partial charge in [-0.3, -0.25) is 4.79 Å². The highest BCUT2D eigenvalue weighted by molar-refractivity contribution is 5.96. The number of nitrogens with one attached hydrogen (secondary N) is 1. The van der Waals surface area contributed by atoms with Gasteiger partial charge in [0, 0.05) is 19.2 Å². The number of hydrogen-bond donors (Lipinski definition) is 1. The highest BCUT2D eigenvalue weighted by atomic mass is 19.4. The third kappa shape index (κ3) is 4.50. The number of carbonyl (C=O) groups is 1. The molecule has 0 atom stereocenters. The lowest BCUT2D eigenvalue weighted by molar-refractivity contribution is -0.154. The summed E-state index contributed by atoms with van der Waals surface area (Å²) in [4.78, 5) is 16.1. The van der Waals surface area contributed by atoms with E-state index in [4.69, 9.17) is 0 Å². The molecule has 0 aromatic carbocycles. The Bertz CT molecular complexity index is 775. The largest absolute Gasteiger partial charge is 0.467 e. The topological polar surface area (TPSA) is 81.9 Å². The van der Waals surface area contributed by atoms with E-state index in [1.165, 1.54) is 18.3 Å². The third-order valence-corrected chi connectivity index (χ3v) is 3.98. The van der Waals surface area contributed by atoms with E-state index in [0.717, 1.165) is 38.1 Å². The van der Waals surface area contributed by atoms with Crippen molar-refractivity contribution in [1.29, 1.82) is 0 Å². The minimum Gasteiger partial charge on any atom is -0.467 e. The molecule has 26 heavy (non-hydrogen) atoms. The highest BCUT2D eigenvalue weighted by Crippen LogP contribution is 2.20. The Kier molecular flexibility index (Phi) is 5.38. The lowest BCUT2D eigenvalue weighted by Gasteiger charge is -2.12. The van der Waals surface area contributed by atoms with Gasteiger partial charge in [-0.2, -0.15) is 13.2 Å². The molecule has 3 rings (SSSR count). The van der Waals surface area contributed by atoms with Gasteiger partial charge in [0.25, 0.3) is 5.91 Å². The van der Waals surface area contributed by atoms with Crippen molar-refractivity contribution in [3.8, 4) is 5.88 Å². The summed E-state index contributed by atoms with van der Waals surface area (Å²) in [7, 11) is 0. The molecule has 3 heterocycles.